The Morgan fingerprint density at radius 2 is 2.00 bits per heavy atom. The molecular formula is C13H11ClN4. The fourth-order valence-electron chi connectivity index (χ4n) is 1.97. The molecule has 4 nitrogen and oxygen atoms in total. The number of hydrogen-bond donors (Lipinski definition) is 1. The lowest BCUT2D eigenvalue weighted by atomic mass is 10.1. The van der Waals surface area contributed by atoms with Crippen molar-refractivity contribution in [3.63, 3.8) is 0 Å². The first-order valence-corrected chi connectivity index (χ1v) is 5.96. The van der Waals surface area contributed by atoms with Crippen LogP contribution in [0.3, 0.4) is 0 Å². The quantitative estimate of drug-likeness (QED) is 0.768. The minimum atomic E-state index is 0.407. The van der Waals surface area contributed by atoms with Gasteiger partial charge >= 0.3 is 0 Å². The first-order chi connectivity index (χ1) is 8.79. The van der Waals surface area contributed by atoms with Gasteiger partial charge in [-0.1, -0.05) is 28.9 Å². The molecule has 2 aromatic carbocycles. The van der Waals surface area contributed by atoms with Gasteiger partial charge in [-0.15, -0.1) is 5.10 Å². The number of aromatic nitrogens is 3. The maximum Gasteiger partial charge on any atom is 0.113 e. The van der Waals surface area contributed by atoms with Crippen molar-refractivity contribution in [2.24, 2.45) is 5.73 Å². The number of nitrogens with two attached hydrogens (primary N) is 1. The number of halogens is 1. The molecule has 5 heteroatoms. The molecule has 1 aromatic heterocycles. The number of para-hydroxylation sites is 1. The molecule has 0 aliphatic carbocycles. The van der Waals surface area contributed by atoms with E-state index < -0.39 is 0 Å². The van der Waals surface area contributed by atoms with Crippen LogP contribution in [0.15, 0.2) is 42.5 Å². The van der Waals surface area contributed by atoms with Crippen molar-refractivity contribution in [2.75, 3.05) is 0 Å². The molecule has 0 spiro atoms. The van der Waals surface area contributed by atoms with Crippen molar-refractivity contribution in [3.05, 3.63) is 53.1 Å². The van der Waals surface area contributed by atoms with Crippen molar-refractivity contribution in [1.82, 2.24) is 15.0 Å². The Labute approximate surface area is 109 Å². The van der Waals surface area contributed by atoms with E-state index in [2.05, 4.69) is 10.3 Å². The summed E-state index contributed by atoms with van der Waals surface area (Å²) in [4.78, 5) is 0. The summed E-state index contributed by atoms with van der Waals surface area (Å²) < 4.78 is 1.79. The zero-order valence-electron chi connectivity index (χ0n) is 9.55. The Hall–Kier alpha value is -1.91. The molecule has 0 unspecified atom stereocenters. The lowest BCUT2D eigenvalue weighted by molar-refractivity contribution is 0.811. The predicted molar refractivity (Wildman–Crippen MR) is 71.8 cm³/mol. The summed E-state index contributed by atoms with van der Waals surface area (Å²) in [5, 5.41) is 8.97. The molecule has 90 valence electrons. The predicted octanol–water partition coefficient (Wildman–Crippen LogP) is 2.53. The first-order valence-electron chi connectivity index (χ1n) is 5.59. The highest BCUT2D eigenvalue weighted by atomic mass is 35.5. The molecule has 0 fully saturated rings. The van der Waals surface area contributed by atoms with Crippen LogP contribution in [0.1, 0.15) is 5.56 Å². The summed E-state index contributed by atoms with van der Waals surface area (Å²) in [6.07, 6.45) is 0. The van der Waals surface area contributed by atoms with E-state index in [1.807, 2.05) is 42.5 Å². The standard InChI is InChI=1S/C13H11ClN4/c14-10-5-6-12(9(7-10)8-15)18-13-4-2-1-3-11(13)16-17-18/h1-7H,8,15H2. The third-order valence-electron chi connectivity index (χ3n) is 2.84. The zero-order chi connectivity index (χ0) is 12.5. The molecule has 1 heterocycles. The lowest BCUT2D eigenvalue weighted by Crippen LogP contribution is -2.05. The van der Waals surface area contributed by atoms with E-state index in [0.29, 0.717) is 11.6 Å². The molecule has 18 heavy (non-hydrogen) atoms. The summed E-state index contributed by atoms with van der Waals surface area (Å²) in [6, 6.07) is 13.4. The van der Waals surface area contributed by atoms with Gasteiger partial charge in [-0.2, -0.15) is 0 Å². The van der Waals surface area contributed by atoms with Gasteiger partial charge in [-0.25, -0.2) is 4.68 Å². The summed E-state index contributed by atoms with van der Waals surface area (Å²) in [7, 11) is 0. The van der Waals surface area contributed by atoms with Gasteiger partial charge in [0.2, 0.25) is 0 Å². The summed E-state index contributed by atoms with van der Waals surface area (Å²) >= 11 is 5.97. The molecule has 3 aromatic rings. The number of nitrogens with zero attached hydrogens (tertiary/aromatic N) is 3. The zero-order valence-corrected chi connectivity index (χ0v) is 10.3. The smallest absolute Gasteiger partial charge is 0.113 e. The van der Waals surface area contributed by atoms with Gasteiger partial charge in [-0.3, -0.25) is 0 Å². The van der Waals surface area contributed by atoms with Crippen LogP contribution in [0.25, 0.3) is 16.7 Å². The third kappa shape index (κ3) is 1.75. The molecule has 0 aliphatic rings. The average Bonchev–Trinajstić information content (AvgIpc) is 2.82. The van der Waals surface area contributed by atoms with Crippen LogP contribution in [0.5, 0.6) is 0 Å². The Morgan fingerprint density at radius 3 is 2.83 bits per heavy atom. The van der Waals surface area contributed by atoms with Crippen molar-refractivity contribution in [3.8, 4) is 5.69 Å². The highest BCUT2D eigenvalue weighted by molar-refractivity contribution is 6.30. The molecule has 0 saturated carbocycles. The number of fused-ring (bicyclic) bond motifs is 1. The molecule has 0 aliphatic heterocycles. The van der Waals surface area contributed by atoms with Crippen molar-refractivity contribution < 1.29 is 0 Å². The monoisotopic (exact) mass is 258 g/mol. The summed E-state index contributed by atoms with van der Waals surface area (Å²) in [5.74, 6) is 0. The van der Waals surface area contributed by atoms with Crippen molar-refractivity contribution >= 4 is 22.6 Å². The van der Waals surface area contributed by atoms with Crippen LogP contribution >= 0.6 is 11.6 Å². The van der Waals surface area contributed by atoms with Gasteiger partial charge in [0.15, 0.2) is 0 Å². The average molecular weight is 259 g/mol. The van der Waals surface area contributed by atoms with E-state index in [-0.39, 0.29) is 0 Å². The van der Waals surface area contributed by atoms with E-state index >= 15 is 0 Å². The Balaban J connectivity index is 2.26. The normalized spacial score (nSPS) is 11.0. The van der Waals surface area contributed by atoms with Crippen LogP contribution in [0.2, 0.25) is 5.02 Å². The Morgan fingerprint density at radius 1 is 1.17 bits per heavy atom. The maximum atomic E-state index is 5.97. The van der Waals surface area contributed by atoms with Crippen molar-refractivity contribution in [2.45, 2.75) is 6.54 Å². The SMILES string of the molecule is NCc1cc(Cl)ccc1-n1nnc2ccccc21. The van der Waals surface area contributed by atoms with Crippen LogP contribution in [0.4, 0.5) is 0 Å². The molecule has 0 saturated heterocycles. The largest absolute Gasteiger partial charge is 0.326 e. The van der Waals surface area contributed by atoms with Crippen LogP contribution < -0.4 is 5.73 Å². The fourth-order valence-corrected chi connectivity index (χ4v) is 2.17. The molecule has 2 N–H and O–H groups in total. The second kappa shape index (κ2) is 4.40. The molecule has 0 atom stereocenters. The van der Waals surface area contributed by atoms with Gasteiger partial charge in [0.05, 0.1) is 11.2 Å². The van der Waals surface area contributed by atoms with Crippen LogP contribution in [0, 0.1) is 0 Å². The minimum Gasteiger partial charge on any atom is -0.326 e. The van der Waals surface area contributed by atoms with Gasteiger partial charge in [-0.05, 0) is 35.9 Å². The Bertz CT molecular complexity index is 705. The molecule has 0 bridgehead atoms. The maximum absolute atomic E-state index is 5.97. The number of rotatable bonds is 2. The first kappa shape index (κ1) is 11.2. The van der Waals surface area contributed by atoms with E-state index in [1.165, 1.54) is 0 Å². The second-order valence-corrected chi connectivity index (χ2v) is 4.40. The van der Waals surface area contributed by atoms with E-state index in [9.17, 15) is 0 Å². The van der Waals surface area contributed by atoms with Gasteiger partial charge in [0.25, 0.3) is 0 Å². The number of benzene rings is 2. The molecule has 0 radical (unpaired) electrons. The van der Waals surface area contributed by atoms with Gasteiger partial charge in [0.1, 0.15) is 5.52 Å². The molecule has 3 rings (SSSR count). The fraction of sp³-hybridized carbons (Fsp3) is 0.0769. The van der Waals surface area contributed by atoms with Gasteiger partial charge in [0, 0.05) is 11.6 Å². The van der Waals surface area contributed by atoms with Crippen LogP contribution in [-0.4, -0.2) is 15.0 Å². The lowest BCUT2D eigenvalue weighted by Gasteiger charge is -2.08. The molecular weight excluding hydrogens is 248 g/mol. The topological polar surface area (TPSA) is 56.7 Å². The van der Waals surface area contributed by atoms with Crippen LogP contribution in [-0.2, 0) is 6.54 Å². The number of hydrogen-bond acceptors (Lipinski definition) is 3. The summed E-state index contributed by atoms with van der Waals surface area (Å²) in [6.45, 7) is 0.407. The second-order valence-electron chi connectivity index (χ2n) is 3.97. The summed E-state index contributed by atoms with van der Waals surface area (Å²) in [5.41, 5.74) is 9.41. The van der Waals surface area contributed by atoms with Gasteiger partial charge < -0.3 is 5.73 Å². The van der Waals surface area contributed by atoms with Crippen molar-refractivity contribution in [1.29, 1.82) is 0 Å². The Kier molecular flexibility index (Phi) is 2.74. The minimum absolute atomic E-state index is 0.407. The molecule has 0 amide bonds. The van der Waals surface area contributed by atoms with E-state index in [4.69, 9.17) is 17.3 Å². The van der Waals surface area contributed by atoms with E-state index in [1.54, 1.807) is 4.68 Å². The highest BCUT2D eigenvalue weighted by Crippen LogP contribution is 2.22. The highest BCUT2D eigenvalue weighted by Gasteiger charge is 2.09. The third-order valence-corrected chi connectivity index (χ3v) is 3.08. The van der Waals surface area contributed by atoms with E-state index in [0.717, 1.165) is 22.3 Å².